The summed E-state index contributed by atoms with van der Waals surface area (Å²) in [5.41, 5.74) is 8.80. The average Bonchev–Trinajstić information content (AvgIpc) is 2.80. The van der Waals surface area contributed by atoms with Crippen LogP contribution in [0.15, 0.2) is 54.6 Å². The molecular formula is C25H24N3O3+. The van der Waals surface area contributed by atoms with Crippen LogP contribution in [0.5, 0.6) is 0 Å². The van der Waals surface area contributed by atoms with E-state index in [9.17, 15) is 15.3 Å². The van der Waals surface area contributed by atoms with Crippen molar-refractivity contribution in [3.8, 4) is 11.1 Å². The average molecular weight is 414 g/mol. The van der Waals surface area contributed by atoms with E-state index in [1.807, 2.05) is 18.2 Å². The predicted octanol–water partition coefficient (Wildman–Crippen LogP) is 2.71. The molecule has 0 radical (unpaired) electrons. The first-order valence-corrected chi connectivity index (χ1v) is 10.7. The summed E-state index contributed by atoms with van der Waals surface area (Å²) in [7, 11) is 0. The van der Waals surface area contributed by atoms with Crippen LogP contribution >= 0.6 is 0 Å². The highest BCUT2D eigenvalue weighted by atomic mass is 16.3. The molecule has 0 saturated heterocycles. The molecule has 3 N–H and O–H groups in total. The maximum Gasteiger partial charge on any atom is 0.215 e. The van der Waals surface area contributed by atoms with E-state index in [4.69, 9.17) is 0 Å². The van der Waals surface area contributed by atoms with Gasteiger partial charge in [0.25, 0.3) is 0 Å². The Morgan fingerprint density at radius 1 is 0.581 bits per heavy atom. The molecule has 2 aliphatic rings. The van der Waals surface area contributed by atoms with Crippen LogP contribution in [0, 0.1) is 0 Å². The van der Waals surface area contributed by atoms with Gasteiger partial charge < -0.3 is 24.5 Å². The first-order valence-electron chi connectivity index (χ1n) is 10.7. The minimum atomic E-state index is 0.0468. The Labute approximate surface area is 178 Å². The molecule has 6 nitrogen and oxygen atoms in total. The molecule has 3 aromatic carbocycles. The Morgan fingerprint density at radius 3 is 1.55 bits per heavy atom. The summed E-state index contributed by atoms with van der Waals surface area (Å²) >= 11 is 0. The molecule has 3 heterocycles. The van der Waals surface area contributed by atoms with Crippen molar-refractivity contribution in [2.24, 2.45) is 0 Å². The zero-order valence-electron chi connectivity index (χ0n) is 17.1. The van der Waals surface area contributed by atoms with Gasteiger partial charge in [-0.15, -0.1) is 0 Å². The molecule has 1 aromatic heterocycles. The summed E-state index contributed by atoms with van der Waals surface area (Å²) in [4.78, 5) is 0. The summed E-state index contributed by atoms with van der Waals surface area (Å²) in [5.74, 6) is 0. The van der Waals surface area contributed by atoms with Crippen molar-refractivity contribution in [3.05, 3.63) is 54.6 Å². The lowest BCUT2D eigenvalue weighted by Crippen LogP contribution is -2.38. The van der Waals surface area contributed by atoms with E-state index in [-0.39, 0.29) is 19.8 Å². The van der Waals surface area contributed by atoms with Crippen LogP contribution in [0.1, 0.15) is 0 Å². The number of pyridine rings is 3. The topological polar surface area (TPSA) is 74.4 Å². The monoisotopic (exact) mass is 414 g/mol. The van der Waals surface area contributed by atoms with Crippen molar-refractivity contribution in [2.45, 2.75) is 19.6 Å². The van der Waals surface area contributed by atoms with Crippen LogP contribution in [-0.2, 0) is 19.6 Å². The second-order valence-electron chi connectivity index (χ2n) is 8.01. The molecule has 156 valence electrons. The molecule has 0 aliphatic carbocycles. The SMILES string of the molecule is OCCn1c2cccc3c2-c2c4c1cccc4[n+](CCO)c1cccc(c21)n3CCO. The van der Waals surface area contributed by atoms with Gasteiger partial charge in [-0.1, -0.05) is 18.2 Å². The Morgan fingerprint density at radius 2 is 1.06 bits per heavy atom. The van der Waals surface area contributed by atoms with Gasteiger partial charge in [-0.2, -0.15) is 4.57 Å². The largest absolute Gasteiger partial charge is 0.395 e. The standard InChI is InChI=1S/C25H24N3O3/c29-13-10-26-16-4-1-5-17-22(16)25-23-18(26)6-2-8-20(23)28(12-15-31)21-9-3-7-19(24(21)25)27(17)11-14-30/h1-9,29-31H,10-15H2/q+1. The Hall–Kier alpha value is -3.19. The molecule has 6 heteroatoms. The van der Waals surface area contributed by atoms with Gasteiger partial charge in [0.05, 0.1) is 46.1 Å². The highest BCUT2D eigenvalue weighted by Gasteiger charge is 2.31. The minimum Gasteiger partial charge on any atom is -0.395 e. The maximum atomic E-state index is 9.85. The van der Waals surface area contributed by atoms with Crippen molar-refractivity contribution < 1.29 is 19.9 Å². The number of nitrogens with zero attached hydrogens (tertiary/aromatic N) is 3. The fourth-order valence-corrected chi connectivity index (χ4v) is 5.49. The van der Waals surface area contributed by atoms with E-state index < -0.39 is 0 Å². The molecule has 31 heavy (non-hydrogen) atoms. The maximum absolute atomic E-state index is 9.85. The van der Waals surface area contributed by atoms with E-state index >= 15 is 0 Å². The van der Waals surface area contributed by atoms with Crippen molar-refractivity contribution in [1.29, 1.82) is 0 Å². The molecule has 4 aromatic rings. The van der Waals surface area contributed by atoms with E-state index in [2.05, 4.69) is 50.1 Å². The molecule has 6 rings (SSSR count). The van der Waals surface area contributed by atoms with Gasteiger partial charge in [0.2, 0.25) is 11.0 Å². The number of hydrogen-bond donors (Lipinski definition) is 3. The van der Waals surface area contributed by atoms with Crippen molar-refractivity contribution in [3.63, 3.8) is 0 Å². The van der Waals surface area contributed by atoms with Gasteiger partial charge in [0, 0.05) is 36.3 Å². The van der Waals surface area contributed by atoms with Gasteiger partial charge in [-0.25, -0.2) is 0 Å². The van der Waals surface area contributed by atoms with Crippen LogP contribution in [0.2, 0.25) is 0 Å². The lowest BCUT2D eigenvalue weighted by Gasteiger charge is -2.27. The van der Waals surface area contributed by atoms with Gasteiger partial charge in [0.15, 0.2) is 6.54 Å². The summed E-state index contributed by atoms with van der Waals surface area (Å²) in [6.45, 7) is 1.62. The summed E-state index contributed by atoms with van der Waals surface area (Å²) in [6, 6.07) is 18.8. The number of benzene rings is 3. The van der Waals surface area contributed by atoms with Crippen LogP contribution in [0.25, 0.3) is 55.0 Å². The molecule has 0 atom stereocenters. The third kappa shape index (κ3) is 2.35. The number of aromatic nitrogens is 3. The van der Waals surface area contributed by atoms with Crippen LogP contribution < -0.4 is 4.57 Å². The summed E-state index contributed by atoms with van der Waals surface area (Å²) in [5, 5.41) is 31.8. The second-order valence-corrected chi connectivity index (χ2v) is 8.01. The van der Waals surface area contributed by atoms with Crippen LogP contribution in [-0.4, -0.2) is 44.3 Å². The summed E-state index contributed by atoms with van der Waals surface area (Å²) < 4.78 is 6.57. The summed E-state index contributed by atoms with van der Waals surface area (Å²) in [6.07, 6.45) is 0. The lowest BCUT2D eigenvalue weighted by molar-refractivity contribution is -0.646. The van der Waals surface area contributed by atoms with Gasteiger partial charge in [-0.05, 0) is 24.3 Å². The van der Waals surface area contributed by atoms with E-state index in [0.717, 1.165) is 49.4 Å². The second kappa shape index (κ2) is 6.92. The highest BCUT2D eigenvalue weighted by Crippen LogP contribution is 2.46. The first-order chi connectivity index (χ1) is 15.3. The molecule has 0 saturated carbocycles. The molecule has 0 unspecified atom stereocenters. The molecule has 0 bridgehead atoms. The Bertz CT molecular complexity index is 1420. The molecular weight excluding hydrogens is 390 g/mol. The minimum absolute atomic E-state index is 0.0468. The van der Waals surface area contributed by atoms with Crippen molar-refractivity contribution in [2.75, 3.05) is 19.8 Å². The zero-order valence-corrected chi connectivity index (χ0v) is 17.1. The Kier molecular flexibility index (Phi) is 4.14. The fourth-order valence-electron chi connectivity index (χ4n) is 5.49. The number of aliphatic hydroxyl groups excluding tert-OH is 3. The van der Waals surface area contributed by atoms with Gasteiger partial charge >= 0.3 is 0 Å². The lowest BCUT2D eigenvalue weighted by atomic mass is 9.89. The van der Waals surface area contributed by atoms with Crippen molar-refractivity contribution >= 4 is 43.9 Å². The van der Waals surface area contributed by atoms with Gasteiger partial charge in [0.1, 0.15) is 6.61 Å². The normalized spacial score (nSPS) is 12.5. The molecule has 0 amide bonds. The quantitative estimate of drug-likeness (QED) is 0.223. The highest BCUT2D eigenvalue weighted by molar-refractivity contribution is 6.24. The van der Waals surface area contributed by atoms with Crippen molar-refractivity contribution in [1.82, 2.24) is 9.13 Å². The van der Waals surface area contributed by atoms with Gasteiger partial charge in [-0.3, -0.25) is 0 Å². The third-order valence-corrected chi connectivity index (χ3v) is 6.53. The van der Waals surface area contributed by atoms with E-state index in [1.165, 1.54) is 5.56 Å². The smallest absolute Gasteiger partial charge is 0.215 e. The van der Waals surface area contributed by atoms with E-state index in [0.29, 0.717) is 19.6 Å². The van der Waals surface area contributed by atoms with Crippen LogP contribution in [0.3, 0.4) is 0 Å². The van der Waals surface area contributed by atoms with E-state index in [1.54, 1.807) is 0 Å². The molecule has 0 spiro atoms. The number of rotatable bonds is 6. The first kappa shape index (κ1) is 18.6. The van der Waals surface area contributed by atoms with Crippen LogP contribution in [0.4, 0.5) is 0 Å². The molecule has 2 aliphatic heterocycles. The zero-order chi connectivity index (χ0) is 21.1. The predicted molar refractivity (Wildman–Crippen MR) is 122 cm³/mol. The molecule has 0 fully saturated rings. The number of hydrogen-bond acceptors (Lipinski definition) is 3. The number of aliphatic hydroxyl groups is 3. The third-order valence-electron chi connectivity index (χ3n) is 6.53. The Balaban J connectivity index is 2.01. The fraction of sp³-hybridized carbons (Fsp3) is 0.240.